The summed E-state index contributed by atoms with van der Waals surface area (Å²) < 4.78 is 0. The van der Waals surface area contributed by atoms with Gasteiger partial charge in [0.15, 0.2) is 0 Å². The van der Waals surface area contributed by atoms with Crippen LogP contribution in [0.4, 0.5) is 0 Å². The predicted molar refractivity (Wildman–Crippen MR) is 46.8 cm³/mol. The van der Waals surface area contributed by atoms with Crippen LogP contribution < -0.4 is 0 Å². The molecule has 0 bridgehead atoms. The Kier molecular flexibility index (Phi) is 2.30. The van der Waals surface area contributed by atoms with Crippen LogP contribution in [0.3, 0.4) is 0 Å². The molecule has 2 saturated heterocycles. The predicted octanol–water partition coefficient (Wildman–Crippen LogP) is 0.313. The molecule has 2 fully saturated rings. The number of hydrogen-bond donors (Lipinski definition) is 0. The summed E-state index contributed by atoms with van der Waals surface area (Å²) in [4.78, 5) is 14.9. The standard InChI is InChI=1S/C9H16N2O/c12-8-10-6-3-9(7-10)11-4-1-2-5-11/h8-9H,1-7H2. The number of hydrogen-bond acceptors (Lipinski definition) is 2. The lowest BCUT2D eigenvalue weighted by Crippen LogP contribution is -2.34. The molecule has 0 aliphatic carbocycles. The number of nitrogens with zero attached hydrogens (tertiary/aromatic N) is 2. The quantitative estimate of drug-likeness (QED) is 0.554. The van der Waals surface area contributed by atoms with Gasteiger partial charge in [-0.2, -0.15) is 0 Å². The lowest BCUT2D eigenvalue weighted by Gasteiger charge is -2.22. The van der Waals surface area contributed by atoms with Gasteiger partial charge in [-0.05, 0) is 32.4 Å². The summed E-state index contributed by atoms with van der Waals surface area (Å²) in [5, 5.41) is 0. The maximum Gasteiger partial charge on any atom is 0.209 e. The lowest BCUT2D eigenvalue weighted by atomic mass is 10.2. The first-order chi connectivity index (χ1) is 5.90. The molecule has 0 aromatic rings. The van der Waals surface area contributed by atoms with Gasteiger partial charge in [-0.25, -0.2) is 0 Å². The minimum atomic E-state index is 0.665. The molecule has 2 heterocycles. The fourth-order valence-corrected chi connectivity index (χ4v) is 2.27. The van der Waals surface area contributed by atoms with Crippen LogP contribution in [0.25, 0.3) is 0 Å². The number of carbonyl (C=O) groups is 1. The summed E-state index contributed by atoms with van der Waals surface area (Å²) >= 11 is 0. The van der Waals surface area contributed by atoms with E-state index >= 15 is 0 Å². The summed E-state index contributed by atoms with van der Waals surface area (Å²) in [7, 11) is 0. The Bertz CT molecular complexity index is 166. The first kappa shape index (κ1) is 8.05. The van der Waals surface area contributed by atoms with Gasteiger partial charge in [0.25, 0.3) is 0 Å². The summed E-state index contributed by atoms with van der Waals surface area (Å²) in [5.41, 5.74) is 0. The Balaban J connectivity index is 1.85. The number of rotatable bonds is 2. The molecule has 1 unspecified atom stereocenters. The van der Waals surface area contributed by atoms with Gasteiger partial charge >= 0.3 is 0 Å². The van der Waals surface area contributed by atoms with Crippen LogP contribution in [-0.2, 0) is 4.79 Å². The zero-order valence-electron chi connectivity index (χ0n) is 7.41. The molecule has 0 aromatic carbocycles. The average Bonchev–Trinajstić information content (AvgIpc) is 2.75. The average molecular weight is 168 g/mol. The summed E-state index contributed by atoms with van der Waals surface area (Å²) in [6.45, 7) is 4.42. The highest BCUT2D eigenvalue weighted by molar-refractivity contribution is 5.47. The summed E-state index contributed by atoms with van der Waals surface area (Å²) in [6.07, 6.45) is 4.85. The van der Waals surface area contributed by atoms with Crippen molar-refractivity contribution in [3.8, 4) is 0 Å². The van der Waals surface area contributed by atoms with E-state index in [4.69, 9.17) is 0 Å². The van der Waals surface area contributed by atoms with Crippen molar-refractivity contribution < 1.29 is 4.79 Å². The molecule has 68 valence electrons. The Morgan fingerprint density at radius 3 is 2.50 bits per heavy atom. The second-order valence-corrected chi connectivity index (χ2v) is 3.79. The van der Waals surface area contributed by atoms with Crippen LogP contribution in [0.15, 0.2) is 0 Å². The van der Waals surface area contributed by atoms with Crippen LogP contribution >= 0.6 is 0 Å². The second-order valence-electron chi connectivity index (χ2n) is 3.79. The minimum absolute atomic E-state index is 0.665. The van der Waals surface area contributed by atoms with Crippen molar-refractivity contribution in [3.05, 3.63) is 0 Å². The molecule has 0 radical (unpaired) electrons. The van der Waals surface area contributed by atoms with Crippen LogP contribution in [0, 0.1) is 0 Å². The third-order valence-electron chi connectivity index (χ3n) is 3.00. The molecule has 2 rings (SSSR count). The number of carbonyl (C=O) groups excluding carboxylic acids is 1. The molecule has 0 N–H and O–H groups in total. The van der Waals surface area contributed by atoms with Gasteiger partial charge in [-0.1, -0.05) is 0 Å². The highest BCUT2D eigenvalue weighted by atomic mass is 16.1. The largest absolute Gasteiger partial charge is 0.344 e. The maximum absolute atomic E-state index is 10.5. The number of amides is 1. The van der Waals surface area contributed by atoms with E-state index in [0.29, 0.717) is 6.04 Å². The Hall–Kier alpha value is -0.570. The molecular formula is C9H16N2O. The van der Waals surface area contributed by atoms with Gasteiger partial charge in [-0.3, -0.25) is 9.69 Å². The zero-order chi connectivity index (χ0) is 8.39. The van der Waals surface area contributed by atoms with E-state index in [1.807, 2.05) is 4.90 Å². The fourth-order valence-electron chi connectivity index (χ4n) is 2.27. The molecular weight excluding hydrogens is 152 g/mol. The third-order valence-corrected chi connectivity index (χ3v) is 3.00. The van der Waals surface area contributed by atoms with Crippen molar-refractivity contribution in [1.29, 1.82) is 0 Å². The van der Waals surface area contributed by atoms with Gasteiger partial charge in [0.05, 0.1) is 0 Å². The molecule has 1 amide bonds. The van der Waals surface area contributed by atoms with E-state index in [2.05, 4.69) is 4.90 Å². The van der Waals surface area contributed by atoms with Crippen molar-refractivity contribution in [1.82, 2.24) is 9.80 Å². The maximum atomic E-state index is 10.5. The Morgan fingerprint density at radius 1 is 1.17 bits per heavy atom. The molecule has 12 heavy (non-hydrogen) atoms. The number of likely N-dealkylation sites (tertiary alicyclic amines) is 2. The lowest BCUT2D eigenvalue weighted by molar-refractivity contribution is -0.117. The first-order valence-corrected chi connectivity index (χ1v) is 4.83. The minimum Gasteiger partial charge on any atom is -0.344 e. The van der Waals surface area contributed by atoms with Crippen molar-refractivity contribution >= 4 is 6.41 Å². The SMILES string of the molecule is O=CN1CCC(N2CCCC2)C1. The van der Waals surface area contributed by atoms with Crippen molar-refractivity contribution in [2.45, 2.75) is 25.3 Å². The smallest absolute Gasteiger partial charge is 0.209 e. The van der Waals surface area contributed by atoms with E-state index in [1.54, 1.807) is 0 Å². The van der Waals surface area contributed by atoms with E-state index < -0.39 is 0 Å². The molecule has 0 saturated carbocycles. The van der Waals surface area contributed by atoms with Crippen molar-refractivity contribution in [2.24, 2.45) is 0 Å². The summed E-state index contributed by atoms with van der Waals surface area (Å²) in [5.74, 6) is 0. The van der Waals surface area contributed by atoms with Gasteiger partial charge in [0.2, 0.25) is 6.41 Å². The van der Waals surface area contributed by atoms with Crippen LogP contribution in [-0.4, -0.2) is 48.4 Å². The zero-order valence-corrected chi connectivity index (χ0v) is 7.41. The monoisotopic (exact) mass is 168 g/mol. The van der Waals surface area contributed by atoms with Gasteiger partial charge < -0.3 is 4.90 Å². The van der Waals surface area contributed by atoms with Crippen molar-refractivity contribution in [3.63, 3.8) is 0 Å². The Labute approximate surface area is 73.3 Å². The third kappa shape index (κ3) is 1.46. The fraction of sp³-hybridized carbons (Fsp3) is 0.889. The van der Waals surface area contributed by atoms with Gasteiger partial charge in [0.1, 0.15) is 0 Å². The van der Waals surface area contributed by atoms with Crippen LogP contribution in [0.2, 0.25) is 0 Å². The van der Waals surface area contributed by atoms with E-state index in [0.717, 1.165) is 19.5 Å². The van der Waals surface area contributed by atoms with E-state index in [9.17, 15) is 4.79 Å². The highest BCUT2D eigenvalue weighted by Crippen LogP contribution is 2.19. The van der Waals surface area contributed by atoms with Crippen LogP contribution in [0.5, 0.6) is 0 Å². The van der Waals surface area contributed by atoms with Crippen molar-refractivity contribution in [2.75, 3.05) is 26.2 Å². The van der Waals surface area contributed by atoms with Gasteiger partial charge in [-0.15, -0.1) is 0 Å². The molecule has 2 aliphatic rings. The van der Waals surface area contributed by atoms with Gasteiger partial charge in [0, 0.05) is 19.1 Å². The molecule has 0 spiro atoms. The first-order valence-electron chi connectivity index (χ1n) is 4.83. The molecule has 0 aromatic heterocycles. The van der Waals surface area contributed by atoms with E-state index in [-0.39, 0.29) is 0 Å². The molecule has 3 heteroatoms. The normalized spacial score (nSPS) is 31.3. The topological polar surface area (TPSA) is 23.6 Å². The molecule has 2 aliphatic heterocycles. The van der Waals surface area contributed by atoms with E-state index in [1.165, 1.54) is 32.4 Å². The molecule has 1 atom stereocenters. The second kappa shape index (κ2) is 3.44. The highest BCUT2D eigenvalue weighted by Gasteiger charge is 2.28. The molecule has 3 nitrogen and oxygen atoms in total. The summed E-state index contributed by atoms with van der Waals surface area (Å²) in [6, 6.07) is 0.665. The Morgan fingerprint density at radius 2 is 1.92 bits per heavy atom. The van der Waals surface area contributed by atoms with Crippen LogP contribution in [0.1, 0.15) is 19.3 Å².